The van der Waals surface area contributed by atoms with Crippen LogP contribution in [0, 0.1) is 0 Å². The molecule has 0 unspecified atom stereocenters. The number of ketones is 1. The van der Waals surface area contributed by atoms with E-state index >= 15 is 0 Å². The van der Waals surface area contributed by atoms with E-state index in [4.69, 9.17) is 4.74 Å². The van der Waals surface area contributed by atoms with Crippen molar-refractivity contribution in [3.05, 3.63) is 77.9 Å². The van der Waals surface area contributed by atoms with Crippen molar-refractivity contribution in [2.45, 2.75) is 6.42 Å². The second kappa shape index (κ2) is 5.80. The van der Waals surface area contributed by atoms with Crippen LogP contribution >= 0.6 is 0 Å². The Labute approximate surface area is 124 Å². The molecule has 2 nitrogen and oxygen atoms in total. The van der Waals surface area contributed by atoms with Crippen molar-refractivity contribution in [2.75, 3.05) is 7.11 Å². The van der Waals surface area contributed by atoms with E-state index in [1.807, 2.05) is 66.7 Å². The normalized spacial score (nSPS) is 10.5. The summed E-state index contributed by atoms with van der Waals surface area (Å²) in [4.78, 5) is 12.6. The van der Waals surface area contributed by atoms with Gasteiger partial charge in [-0.05, 0) is 16.8 Å². The van der Waals surface area contributed by atoms with E-state index < -0.39 is 0 Å². The molecule has 21 heavy (non-hydrogen) atoms. The fourth-order valence-electron chi connectivity index (χ4n) is 2.59. The van der Waals surface area contributed by atoms with Crippen LogP contribution in [0.25, 0.3) is 10.8 Å². The molecule has 0 aliphatic rings. The first-order valence-corrected chi connectivity index (χ1v) is 6.92. The highest BCUT2D eigenvalue weighted by Crippen LogP contribution is 2.23. The van der Waals surface area contributed by atoms with Gasteiger partial charge >= 0.3 is 0 Å². The Balaban J connectivity index is 1.98. The topological polar surface area (TPSA) is 26.3 Å². The summed E-state index contributed by atoms with van der Waals surface area (Å²) in [6, 6.07) is 21.4. The molecule has 3 aromatic rings. The number of benzene rings is 3. The van der Waals surface area contributed by atoms with Gasteiger partial charge in [-0.25, -0.2) is 0 Å². The van der Waals surface area contributed by atoms with Crippen LogP contribution in [0.15, 0.2) is 66.7 Å². The fraction of sp³-hybridized carbons (Fsp3) is 0.105. The molecule has 0 saturated carbocycles. The molecule has 0 saturated heterocycles. The van der Waals surface area contributed by atoms with Crippen molar-refractivity contribution in [1.82, 2.24) is 0 Å². The van der Waals surface area contributed by atoms with Crippen molar-refractivity contribution in [3.63, 3.8) is 0 Å². The Kier molecular flexibility index (Phi) is 3.69. The maximum absolute atomic E-state index is 12.6. The number of hydrogen-bond donors (Lipinski definition) is 0. The number of carbonyl (C=O) groups excluding carboxylic acids is 1. The zero-order valence-electron chi connectivity index (χ0n) is 11.9. The number of methoxy groups -OCH3 is 1. The van der Waals surface area contributed by atoms with Crippen LogP contribution in [0.4, 0.5) is 0 Å². The third-order valence-electron chi connectivity index (χ3n) is 3.63. The molecule has 0 aromatic heterocycles. The maximum Gasteiger partial charge on any atom is 0.167 e. The van der Waals surface area contributed by atoms with Crippen LogP contribution in [0.2, 0.25) is 0 Å². The highest BCUT2D eigenvalue weighted by Gasteiger charge is 2.12. The van der Waals surface area contributed by atoms with Gasteiger partial charge in [0.25, 0.3) is 0 Å². The Morgan fingerprint density at radius 2 is 1.62 bits per heavy atom. The molecule has 104 valence electrons. The Morgan fingerprint density at radius 3 is 2.48 bits per heavy atom. The highest BCUT2D eigenvalue weighted by atomic mass is 16.5. The van der Waals surface area contributed by atoms with Crippen molar-refractivity contribution in [1.29, 1.82) is 0 Å². The number of Topliss-reactive ketones (excluding diaryl/α,β-unsaturated/α-hetero) is 1. The number of para-hydroxylation sites is 1. The third kappa shape index (κ3) is 2.65. The summed E-state index contributed by atoms with van der Waals surface area (Å²) in [6.07, 6.45) is 0.345. The smallest absolute Gasteiger partial charge is 0.167 e. The number of hydrogen-bond acceptors (Lipinski definition) is 2. The average Bonchev–Trinajstić information content (AvgIpc) is 2.54. The predicted molar refractivity (Wildman–Crippen MR) is 85.0 cm³/mol. The number of fused-ring (bicyclic) bond motifs is 1. The second-order valence-corrected chi connectivity index (χ2v) is 4.94. The Morgan fingerprint density at radius 1 is 0.905 bits per heavy atom. The monoisotopic (exact) mass is 276 g/mol. The van der Waals surface area contributed by atoms with E-state index in [0.717, 1.165) is 27.6 Å². The average molecular weight is 276 g/mol. The molecule has 2 heteroatoms. The molecule has 0 heterocycles. The lowest BCUT2D eigenvalue weighted by atomic mass is 9.97. The number of ether oxygens (including phenoxy) is 1. The van der Waals surface area contributed by atoms with Crippen LogP contribution in [-0.2, 0) is 6.42 Å². The summed E-state index contributed by atoms with van der Waals surface area (Å²) in [6.45, 7) is 0. The molecule has 0 N–H and O–H groups in total. The van der Waals surface area contributed by atoms with Gasteiger partial charge in [0.2, 0.25) is 0 Å². The summed E-state index contributed by atoms with van der Waals surface area (Å²) in [5, 5.41) is 2.09. The summed E-state index contributed by atoms with van der Waals surface area (Å²) in [5.41, 5.74) is 1.68. The highest BCUT2D eigenvalue weighted by molar-refractivity contribution is 6.08. The SMILES string of the molecule is COc1ccccc1CC(=O)c1cccc2ccccc12. The fourth-order valence-corrected chi connectivity index (χ4v) is 2.59. The lowest BCUT2D eigenvalue weighted by molar-refractivity contribution is 0.0993. The molecule has 0 aliphatic carbocycles. The van der Waals surface area contributed by atoms with E-state index in [2.05, 4.69) is 0 Å². The van der Waals surface area contributed by atoms with Crippen molar-refractivity contribution >= 4 is 16.6 Å². The van der Waals surface area contributed by atoms with Crippen molar-refractivity contribution in [3.8, 4) is 5.75 Å². The molecule has 0 amide bonds. The zero-order chi connectivity index (χ0) is 14.7. The first kappa shape index (κ1) is 13.4. The molecule has 3 aromatic carbocycles. The quantitative estimate of drug-likeness (QED) is 0.665. The summed E-state index contributed by atoms with van der Waals surface area (Å²) in [5.74, 6) is 0.863. The first-order chi connectivity index (χ1) is 10.3. The molecular formula is C19H16O2. The standard InChI is InChI=1S/C19H16O2/c1-21-19-12-5-3-8-15(19)13-18(20)17-11-6-9-14-7-2-4-10-16(14)17/h2-12H,13H2,1H3. The van der Waals surface area contributed by atoms with Gasteiger partial charge in [0.15, 0.2) is 5.78 Å². The number of rotatable bonds is 4. The van der Waals surface area contributed by atoms with Gasteiger partial charge in [0.1, 0.15) is 5.75 Å². The minimum absolute atomic E-state index is 0.108. The Bertz CT molecular complexity index is 785. The first-order valence-electron chi connectivity index (χ1n) is 6.92. The molecule has 0 aliphatic heterocycles. The molecule has 0 radical (unpaired) electrons. The predicted octanol–water partition coefficient (Wildman–Crippen LogP) is 4.27. The third-order valence-corrected chi connectivity index (χ3v) is 3.63. The zero-order valence-corrected chi connectivity index (χ0v) is 11.9. The van der Waals surface area contributed by atoms with Gasteiger partial charge in [-0.1, -0.05) is 60.7 Å². The van der Waals surface area contributed by atoms with Gasteiger partial charge in [-0.15, -0.1) is 0 Å². The summed E-state index contributed by atoms with van der Waals surface area (Å²) < 4.78 is 5.32. The van der Waals surface area contributed by atoms with Crippen LogP contribution in [0.1, 0.15) is 15.9 Å². The lowest BCUT2D eigenvalue weighted by Gasteiger charge is -2.09. The Hall–Kier alpha value is -2.61. The number of carbonyl (C=O) groups is 1. The molecule has 3 rings (SSSR count). The minimum atomic E-state index is 0.108. The summed E-state index contributed by atoms with van der Waals surface area (Å²) in [7, 11) is 1.63. The lowest BCUT2D eigenvalue weighted by Crippen LogP contribution is -2.05. The van der Waals surface area contributed by atoms with Gasteiger partial charge in [-0.2, -0.15) is 0 Å². The van der Waals surface area contributed by atoms with Gasteiger partial charge < -0.3 is 4.74 Å². The largest absolute Gasteiger partial charge is 0.496 e. The van der Waals surface area contributed by atoms with Gasteiger partial charge in [-0.3, -0.25) is 4.79 Å². The van der Waals surface area contributed by atoms with Crippen LogP contribution < -0.4 is 4.74 Å². The van der Waals surface area contributed by atoms with Gasteiger partial charge in [0.05, 0.1) is 7.11 Å². The van der Waals surface area contributed by atoms with E-state index in [1.165, 1.54) is 0 Å². The molecule has 0 bridgehead atoms. The van der Waals surface area contributed by atoms with Gasteiger partial charge in [0, 0.05) is 17.5 Å². The maximum atomic E-state index is 12.6. The van der Waals surface area contributed by atoms with Crippen molar-refractivity contribution < 1.29 is 9.53 Å². The molecule has 0 atom stereocenters. The summed E-state index contributed by atoms with van der Waals surface area (Å²) >= 11 is 0. The minimum Gasteiger partial charge on any atom is -0.496 e. The van der Waals surface area contributed by atoms with E-state index in [0.29, 0.717) is 6.42 Å². The van der Waals surface area contributed by atoms with Crippen LogP contribution in [0.3, 0.4) is 0 Å². The van der Waals surface area contributed by atoms with Crippen LogP contribution in [-0.4, -0.2) is 12.9 Å². The van der Waals surface area contributed by atoms with E-state index in [1.54, 1.807) is 7.11 Å². The molecule has 0 spiro atoms. The van der Waals surface area contributed by atoms with Crippen LogP contribution in [0.5, 0.6) is 5.75 Å². The van der Waals surface area contributed by atoms with E-state index in [9.17, 15) is 4.79 Å². The second-order valence-electron chi connectivity index (χ2n) is 4.94. The molecule has 0 fully saturated rings. The van der Waals surface area contributed by atoms with Crippen molar-refractivity contribution in [2.24, 2.45) is 0 Å². The van der Waals surface area contributed by atoms with E-state index in [-0.39, 0.29) is 5.78 Å². The molecular weight excluding hydrogens is 260 g/mol.